The topological polar surface area (TPSA) is 110 Å². The van der Waals surface area contributed by atoms with Gasteiger partial charge in [0.1, 0.15) is 16.9 Å². The molecule has 11 nitrogen and oxygen atoms in total. The largest absolute Gasteiger partial charge is 0.443 e. The number of nitrogens with zero attached hydrogens (tertiary/aromatic N) is 7. The molecule has 1 aliphatic rings. The number of pyridine rings is 1. The normalized spacial score (nSPS) is 13.1. The Hall–Kier alpha value is -4.93. The number of benzene rings is 1. The lowest BCUT2D eigenvalue weighted by Crippen LogP contribution is -2.46. The second-order valence-corrected chi connectivity index (χ2v) is 11.5. The van der Waals surface area contributed by atoms with Gasteiger partial charge in [0, 0.05) is 44.0 Å². The van der Waals surface area contributed by atoms with E-state index in [1.807, 2.05) is 73.8 Å². The highest BCUT2D eigenvalue weighted by Crippen LogP contribution is 2.40. The predicted molar refractivity (Wildman–Crippen MR) is 171 cm³/mol. The number of amides is 1. The van der Waals surface area contributed by atoms with Crippen LogP contribution in [-0.2, 0) is 17.8 Å². The number of carbonyl (C=O) groups excluding carboxylic acids is 1. The van der Waals surface area contributed by atoms with E-state index in [1.165, 1.54) is 0 Å². The van der Waals surface area contributed by atoms with E-state index in [-0.39, 0.29) is 5.56 Å². The lowest BCUT2D eigenvalue weighted by Gasteiger charge is -2.39. The van der Waals surface area contributed by atoms with Crippen LogP contribution in [0, 0.1) is 6.92 Å². The van der Waals surface area contributed by atoms with Gasteiger partial charge in [-0.2, -0.15) is 10.1 Å². The van der Waals surface area contributed by atoms with Gasteiger partial charge in [0.25, 0.3) is 5.56 Å². The van der Waals surface area contributed by atoms with E-state index in [0.717, 1.165) is 41.0 Å². The molecule has 0 bridgehead atoms. The second kappa shape index (κ2) is 12.1. The van der Waals surface area contributed by atoms with Crippen LogP contribution >= 0.6 is 0 Å². The van der Waals surface area contributed by atoms with Crippen molar-refractivity contribution in [3.8, 4) is 0 Å². The molecule has 0 unspecified atom stereocenters. The SMILES string of the molecule is C=CCCn1cc(Nc2ncc3cc(N4CCN(C(=O)OC(C)(C)C)c5c(C)cccc54)c(=O)n(CCC=C)c3n2)cn1. The minimum atomic E-state index is -0.631. The first-order chi connectivity index (χ1) is 20.6. The van der Waals surface area contributed by atoms with Crippen molar-refractivity contribution < 1.29 is 9.53 Å². The van der Waals surface area contributed by atoms with Crippen molar-refractivity contribution >= 4 is 45.8 Å². The molecule has 0 saturated carbocycles. The molecule has 1 aromatic carbocycles. The first-order valence-electron chi connectivity index (χ1n) is 14.4. The van der Waals surface area contributed by atoms with Crippen LogP contribution in [0.2, 0.25) is 0 Å². The number of aromatic nitrogens is 5. The van der Waals surface area contributed by atoms with Crippen LogP contribution in [-0.4, -0.2) is 49.1 Å². The van der Waals surface area contributed by atoms with Crippen molar-refractivity contribution in [1.29, 1.82) is 0 Å². The first-order valence-corrected chi connectivity index (χ1v) is 14.4. The van der Waals surface area contributed by atoms with Gasteiger partial charge in [-0.1, -0.05) is 24.3 Å². The molecule has 3 aromatic heterocycles. The Morgan fingerprint density at radius 1 is 1.09 bits per heavy atom. The summed E-state index contributed by atoms with van der Waals surface area (Å²) < 4.78 is 9.20. The van der Waals surface area contributed by atoms with E-state index in [1.54, 1.807) is 27.9 Å². The summed E-state index contributed by atoms with van der Waals surface area (Å²) in [5, 5.41) is 8.27. The summed E-state index contributed by atoms with van der Waals surface area (Å²) in [5.74, 6) is 0.363. The van der Waals surface area contributed by atoms with Crippen molar-refractivity contribution in [2.24, 2.45) is 0 Å². The molecule has 11 heteroatoms. The Morgan fingerprint density at radius 3 is 2.60 bits per heavy atom. The number of ether oxygens (including phenoxy) is 1. The third-order valence-corrected chi connectivity index (χ3v) is 7.05. The summed E-state index contributed by atoms with van der Waals surface area (Å²) in [6.07, 6.45) is 9.91. The van der Waals surface area contributed by atoms with Gasteiger partial charge in [0.05, 0.1) is 23.3 Å². The average Bonchev–Trinajstić information content (AvgIpc) is 3.41. The molecule has 4 aromatic rings. The van der Waals surface area contributed by atoms with E-state index in [2.05, 4.69) is 28.6 Å². The summed E-state index contributed by atoms with van der Waals surface area (Å²) >= 11 is 0. The zero-order valence-electron chi connectivity index (χ0n) is 25.2. The third kappa shape index (κ3) is 6.30. The number of nitrogens with one attached hydrogen (secondary N) is 1. The van der Waals surface area contributed by atoms with E-state index >= 15 is 0 Å². The summed E-state index contributed by atoms with van der Waals surface area (Å²) in [4.78, 5) is 40.2. The molecule has 1 amide bonds. The predicted octanol–water partition coefficient (Wildman–Crippen LogP) is 6.09. The number of carbonyl (C=O) groups is 1. The van der Waals surface area contributed by atoms with Gasteiger partial charge in [0.2, 0.25) is 5.95 Å². The zero-order chi connectivity index (χ0) is 30.7. The fourth-order valence-corrected chi connectivity index (χ4v) is 5.12. The first kappa shape index (κ1) is 29.6. The number of hydrogen-bond acceptors (Lipinski definition) is 8. The van der Waals surface area contributed by atoms with E-state index in [4.69, 9.17) is 9.72 Å². The van der Waals surface area contributed by atoms with Crippen LogP contribution in [0.25, 0.3) is 11.0 Å². The number of anilines is 5. The molecule has 43 heavy (non-hydrogen) atoms. The fourth-order valence-electron chi connectivity index (χ4n) is 5.12. The highest BCUT2D eigenvalue weighted by Gasteiger charge is 2.33. The Balaban J connectivity index is 1.55. The second-order valence-electron chi connectivity index (χ2n) is 11.5. The molecule has 0 radical (unpaired) electrons. The molecule has 1 N–H and O–H groups in total. The summed E-state index contributed by atoms with van der Waals surface area (Å²) in [6.45, 7) is 17.0. The monoisotopic (exact) mass is 582 g/mol. The molecule has 224 valence electrons. The maximum atomic E-state index is 14.1. The lowest BCUT2D eigenvalue weighted by atomic mass is 10.1. The van der Waals surface area contributed by atoms with Crippen molar-refractivity contribution in [2.45, 2.75) is 59.2 Å². The van der Waals surface area contributed by atoms with Gasteiger partial charge in [-0.3, -0.25) is 18.9 Å². The molecule has 0 fully saturated rings. The van der Waals surface area contributed by atoms with Crippen LogP contribution in [0.4, 0.5) is 33.5 Å². The summed E-state index contributed by atoms with van der Waals surface area (Å²) in [6, 6.07) is 7.63. The molecular formula is C32H38N8O3. The number of allylic oxidation sites excluding steroid dienone is 2. The van der Waals surface area contributed by atoms with Gasteiger partial charge < -0.3 is 15.0 Å². The standard InChI is InChI=1S/C32H38N8O3/c1-7-9-14-37-21-24(20-34-37)35-30-33-19-23-18-26(29(41)40(15-10-8-2)28(23)36-30)38-16-17-39(31(42)43-32(4,5)6)27-22(3)12-11-13-25(27)38/h7-8,11-13,18-21H,1-2,9-10,14-17H2,3-6H3,(H,33,35,36). The fraction of sp³-hybridized carbons (Fsp3) is 0.344. The van der Waals surface area contributed by atoms with Crippen molar-refractivity contribution in [2.75, 3.05) is 28.2 Å². The average molecular weight is 583 g/mol. The van der Waals surface area contributed by atoms with Crippen LogP contribution in [0.15, 0.2) is 73.0 Å². The number of aryl methyl sites for hydroxylation is 3. The smallest absolute Gasteiger partial charge is 0.414 e. The minimum Gasteiger partial charge on any atom is -0.443 e. The molecular weight excluding hydrogens is 544 g/mol. The Labute approximate surface area is 251 Å². The van der Waals surface area contributed by atoms with Gasteiger partial charge in [-0.25, -0.2) is 9.78 Å². The van der Waals surface area contributed by atoms with Gasteiger partial charge in [-0.05, 0) is 58.2 Å². The lowest BCUT2D eigenvalue weighted by molar-refractivity contribution is 0.0580. The number of hydrogen-bond donors (Lipinski definition) is 1. The van der Waals surface area contributed by atoms with E-state index < -0.39 is 11.7 Å². The Morgan fingerprint density at radius 2 is 1.86 bits per heavy atom. The molecule has 0 aliphatic carbocycles. The molecule has 5 rings (SSSR count). The molecule has 1 aliphatic heterocycles. The van der Waals surface area contributed by atoms with Gasteiger partial charge >= 0.3 is 6.09 Å². The highest BCUT2D eigenvalue weighted by molar-refractivity contribution is 5.97. The van der Waals surface area contributed by atoms with E-state index in [9.17, 15) is 9.59 Å². The van der Waals surface area contributed by atoms with Crippen LogP contribution < -0.4 is 20.7 Å². The number of rotatable bonds is 9. The number of fused-ring (bicyclic) bond motifs is 2. The van der Waals surface area contributed by atoms with E-state index in [0.29, 0.717) is 43.3 Å². The maximum absolute atomic E-state index is 14.1. The maximum Gasteiger partial charge on any atom is 0.414 e. The highest BCUT2D eigenvalue weighted by atomic mass is 16.6. The van der Waals surface area contributed by atoms with Crippen molar-refractivity contribution in [3.05, 3.63) is 84.1 Å². The molecule has 0 spiro atoms. The van der Waals surface area contributed by atoms with Crippen molar-refractivity contribution in [3.63, 3.8) is 0 Å². The molecule has 0 atom stereocenters. The van der Waals surface area contributed by atoms with Crippen LogP contribution in [0.3, 0.4) is 0 Å². The number of para-hydroxylation sites is 1. The van der Waals surface area contributed by atoms with Crippen LogP contribution in [0.1, 0.15) is 39.2 Å². The Bertz CT molecular complexity index is 1730. The summed E-state index contributed by atoms with van der Waals surface area (Å²) in [7, 11) is 0. The molecule has 4 heterocycles. The van der Waals surface area contributed by atoms with Crippen molar-refractivity contribution in [1.82, 2.24) is 24.3 Å². The quantitative estimate of drug-likeness (QED) is 0.236. The van der Waals surface area contributed by atoms with Crippen LogP contribution in [0.5, 0.6) is 0 Å². The third-order valence-electron chi connectivity index (χ3n) is 7.05. The summed E-state index contributed by atoms with van der Waals surface area (Å²) in [5.41, 5.74) is 3.33. The van der Waals surface area contributed by atoms with Gasteiger partial charge in [-0.15, -0.1) is 13.2 Å². The Kier molecular flexibility index (Phi) is 8.33. The van der Waals surface area contributed by atoms with Gasteiger partial charge in [0.15, 0.2) is 0 Å². The minimum absolute atomic E-state index is 0.186. The zero-order valence-corrected chi connectivity index (χ0v) is 25.2. The molecule has 0 saturated heterocycles.